The van der Waals surface area contributed by atoms with Crippen molar-refractivity contribution in [2.75, 3.05) is 0 Å². The molecule has 94 valence electrons. The monoisotopic (exact) mass is 253 g/mol. The highest BCUT2D eigenvalue weighted by Gasteiger charge is 2.36. The maximum Gasteiger partial charge on any atom is 0.495 e. The summed E-state index contributed by atoms with van der Waals surface area (Å²) in [6.07, 6.45) is 5.12. The molecule has 1 aromatic rings. The molecule has 0 aliphatic rings. The van der Waals surface area contributed by atoms with Gasteiger partial charge in [-0.3, -0.25) is 0 Å². The van der Waals surface area contributed by atoms with Crippen molar-refractivity contribution in [1.29, 1.82) is 0 Å². The molecule has 0 radical (unpaired) electrons. The van der Waals surface area contributed by atoms with Gasteiger partial charge in [0.15, 0.2) is 0 Å². The summed E-state index contributed by atoms with van der Waals surface area (Å²) in [5.41, 5.74) is 0.797. The van der Waals surface area contributed by atoms with Gasteiger partial charge in [-0.2, -0.15) is 0 Å². The molecular weight excluding hydrogens is 231 g/mol. The van der Waals surface area contributed by atoms with E-state index >= 15 is 0 Å². The maximum absolute atomic E-state index is 11.0. The molecule has 17 heavy (non-hydrogen) atoms. The summed E-state index contributed by atoms with van der Waals surface area (Å²) in [5, 5.41) is 0. The topological polar surface area (TPSA) is 26.3 Å². The summed E-state index contributed by atoms with van der Waals surface area (Å²) in [6, 6.07) is 10.2. The minimum Gasteiger partial charge on any atom is -0.136 e. The molecule has 0 spiro atoms. The van der Waals surface area contributed by atoms with Crippen LogP contribution in [0.15, 0.2) is 30.3 Å². The molecule has 0 saturated heterocycles. The van der Waals surface area contributed by atoms with E-state index in [4.69, 9.17) is 4.52 Å². The van der Waals surface area contributed by atoms with E-state index in [0.717, 1.165) is 37.7 Å². The van der Waals surface area contributed by atoms with E-state index in [0.29, 0.717) is 0 Å². The van der Waals surface area contributed by atoms with Crippen molar-refractivity contribution < 1.29 is 9.09 Å². The lowest BCUT2D eigenvalue weighted by atomic mass is 9.85. The molecule has 0 aromatic heterocycles. The zero-order chi connectivity index (χ0) is 12.6. The third-order valence-corrected chi connectivity index (χ3v) is 3.60. The van der Waals surface area contributed by atoms with E-state index in [1.165, 1.54) is 0 Å². The van der Waals surface area contributed by atoms with Gasteiger partial charge in [0.05, 0.1) is 0 Å². The molecule has 0 fully saturated rings. The molecule has 3 heteroatoms. The molecule has 2 nitrogen and oxygen atoms in total. The Balaban J connectivity index is 2.99. The fourth-order valence-corrected chi connectivity index (χ4v) is 2.74. The van der Waals surface area contributed by atoms with Gasteiger partial charge in [-0.15, -0.1) is 4.52 Å². The molecule has 1 aromatic carbocycles. The Morgan fingerprint density at radius 1 is 1.12 bits per heavy atom. The second kappa shape index (κ2) is 7.58. The molecule has 0 saturated carbocycles. The highest BCUT2D eigenvalue weighted by molar-refractivity contribution is 7.17. The van der Waals surface area contributed by atoms with E-state index in [-0.39, 0.29) is 5.60 Å². The van der Waals surface area contributed by atoms with E-state index in [1.54, 1.807) is 0 Å². The van der Waals surface area contributed by atoms with Crippen LogP contribution in [-0.4, -0.2) is 0 Å². The van der Waals surface area contributed by atoms with E-state index in [9.17, 15) is 4.57 Å². The zero-order valence-corrected chi connectivity index (χ0v) is 11.7. The summed E-state index contributed by atoms with van der Waals surface area (Å²) in [5.74, 6) is 0. The van der Waals surface area contributed by atoms with Crippen molar-refractivity contribution in [2.45, 2.75) is 51.6 Å². The first kappa shape index (κ1) is 14.3. The minimum atomic E-state index is -0.694. The van der Waals surface area contributed by atoms with Crippen LogP contribution in [0.1, 0.15) is 51.5 Å². The molecule has 0 amide bonds. The van der Waals surface area contributed by atoms with Gasteiger partial charge in [-0.25, -0.2) is 0 Å². The Morgan fingerprint density at radius 3 is 2.35 bits per heavy atom. The van der Waals surface area contributed by atoms with Crippen LogP contribution in [0.5, 0.6) is 0 Å². The van der Waals surface area contributed by atoms with E-state index in [2.05, 4.69) is 26.0 Å². The van der Waals surface area contributed by atoms with Gasteiger partial charge < -0.3 is 0 Å². The van der Waals surface area contributed by atoms with Crippen molar-refractivity contribution in [2.24, 2.45) is 0 Å². The number of rotatable bonds is 8. The van der Waals surface area contributed by atoms with Crippen molar-refractivity contribution in [3.8, 4) is 0 Å². The lowest BCUT2D eigenvalue weighted by Gasteiger charge is -2.27. The quantitative estimate of drug-likeness (QED) is 0.620. The predicted molar refractivity (Wildman–Crippen MR) is 72.6 cm³/mol. The molecule has 0 heterocycles. The molecule has 0 aliphatic heterocycles. The summed E-state index contributed by atoms with van der Waals surface area (Å²) in [4.78, 5) is 0. The number of unbranched alkanes of at least 4 members (excludes halogenated alkanes) is 1. The summed E-state index contributed by atoms with van der Waals surface area (Å²) >= 11 is 0. The number of hydrogen-bond acceptors (Lipinski definition) is 2. The largest absolute Gasteiger partial charge is 0.495 e. The van der Waals surface area contributed by atoms with Gasteiger partial charge in [0, 0.05) is 0 Å². The Hall–Kier alpha value is -0.720. The average Bonchev–Trinajstić information content (AvgIpc) is 2.37. The van der Waals surface area contributed by atoms with Crippen molar-refractivity contribution in [3.05, 3.63) is 35.9 Å². The van der Waals surface area contributed by atoms with Gasteiger partial charge in [0.1, 0.15) is 5.60 Å². The van der Waals surface area contributed by atoms with Gasteiger partial charge in [0.25, 0.3) is 0 Å². The standard InChI is InChI=1S/C14H22O2P/c1-3-5-12-14(11-4-2,16-17-15)13-9-7-6-8-10-13/h6-10,17H,3-5,11-12H2,1-2H3/q+1. The van der Waals surface area contributed by atoms with Crippen LogP contribution in [0.3, 0.4) is 0 Å². The third-order valence-electron chi connectivity index (χ3n) is 3.12. The van der Waals surface area contributed by atoms with Crippen molar-refractivity contribution in [1.82, 2.24) is 0 Å². The number of hydrogen-bond donors (Lipinski definition) is 0. The Kier molecular flexibility index (Phi) is 6.39. The predicted octanol–water partition coefficient (Wildman–Crippen LogP) is 4.83. The van der Waals surface area contributed by atoms with E-state index < -0.39 is 8.69 Å². The van der Waals surface area contributed by atoms with Gasteiger partial charge in [-0.1, -0.05) is 63.4 Å². The van der Waals surface area contributed by atoms with Crippen molar-refractivity contribution >= 4 is 8.69 Å². The average molecular weight is 253 g/mol. The Morgan fingerprint density at radius 2 is 1.82 bits per heavy atom. The van der Waals surface area contributed by atoms with Gasteiger partial charge in [-0.05, 0) is 23.0 Å². The van der Waals surface area contributed by atoms with Crippen LogP contribution >= 0.6 is 8.69 Å². The molecule has 2 unspecified atom stereocenters. The first-order valence-electron chi connectivity index (χ1n) is 6.39. The summed E-state index contributed by atoms with van der Waals surface area (Å²) < 4.78 is 16.6. The Labute approximate surface area is 106 Å². The van der Waals surface area contributed by atoms with Gasteiger partial charge in [0.2, 0.25) is 0 Å². The summed E-state index contributed by atoms with van der Waals surface area (Å²) in [7, 11) is -0.694. The SMILES string of the molecule is CCCCC(CCC)(O[PH+]=O)c1ccccc1. The minimum absolute atomic E-state index is 0.355. The second-order valence-electron chi connectivity index (χ2n) is 4.40. The Bertz CT molecular complexity index is 326. The van der Waals surface area contributed by atoms with Crippen LogP contribution < -0.4 is 0 Å². The van der Waals surface area contributed by atoms with Crippen LogP contribution in [0, 0.1) is 0 Å². The number of benzene rings is 1. The molecular formula is C14H22O2P+. The van der Waals surface area contributed by atoms with Crippen LogP contribution in [-0.2, 0) is 14.7 Å². The maximum atomic E-state index is 11.0. The molecule has 0 N–H and O–H groups in total. The van der Waals surface area contributed by atoms with Crippen LogP contribution in [0.25, 0.3) is 0 Å². The lowest BCUT2D eigenvalue weighted by molar-refractivity contribution is 0.0585. The smallest absolute Gasteiger partial charge is 0.136 e. The molecule has 2 atom stereocenters. The van der Waals surface area contributed by atoms with Crippen LogP contribution in [0.2, 0.25) is 0 Å². The lowest BCUT2D eigenvalue weighted by Crippen LogP contribution is -2.26. The highest BCUT2D eigenvalue weighted by atomic mass is 31.1. The zero-order valence-electron chi connectivity index (χ0n) is 10.7. The summed E-state index contributed by atoms with van der Waals surface area (Å²) in [6.45, 7) is 4.31. The molecule has 0 aliphatic carbocycles. The van der Waals surface area contributed by atoms with E-state index in [1.807, 2.05) is 18.2 Å². The normalized spacial score (nSPS) is 14.7. The molecule has 0 bridgehead atoms. The first-order valence-corrected chi connectivity index (χ1v) is 7.21. The van der Waals surface area contributed by atoms with Crippen LogP contribution in [0.4, 0.5) is 0 Å². The third kappa shape index (κ3) is 3.90. The van der Waals surface area contributed by atoms with Gasteiger partial charge >= 0.3 is 8.69 Å². The highest BCUT2D eigenvalue weighted by Crippen LogP contribution is 2.38. The second-order valence-corrected chi connectivity index (χ2v) is 4.77. The van der Waals surface area contributed by atoms with Crippen molar-refractivity contribution in [3.63, 3.8) is 0 Å². The molecule has 1 rings (SSSR count). The fraction of sp³-hybridized carbons (Fsp3) is 0.571. The first-order chi connectivity index (χ1) is 8.29. The fourth-order valence-electron chi connectivity index (χ4n) is 2.26.